The smallest absolute Gasteiger partial charge is 0.481 e. The van der Waals surface area contributed by atoms with Gasteiger partial charge in [-0.1, -0.05) is 12.1 Å². The van der Waals surface area contributed by atoms with Crippen LogP contribution in [0.5, 0.6) is 5.75 Å². The maximum absolute atomic E-state index is 12.7. The summed E-state index contributed by atoms with van der Waals surface area (Å²) in [4.78, 5) is 0. The molecule has 1 aromatic rings. The second-order valence-electron chi connectivity index (χ2n) is 8.37. The van der Waals surface area contributed by atoms with Crippen LogP contribution in [0.25, 0.3) is 0 Å². The molecule has 2 rings (SSSR count). The molecule has 140 valence electrons. The lowest BCUT2D eigenvalue weighted by atomic mass is 9.75. The maximum Gasteiger partial charge on any atom is 0.481 e. The fourth-order valence-corrected chi connectivity index (χ4v) is 3.24. The average Bonchev–Trinajstić information content (AvgIpc) is 2.71. The van der Waals surface area contributed by atoms with Crippen molar-refractivity contribution in [2.45, 2.75) is 70.4 Å². The molecule has 1 saturated heterocycles. The zero-order valence-electron chi connectivity index (χ0n) is 16.5. The molecule has 0 aromatic heterocycles. The van der Waals surface area contributed by atoms with Gasteiger partial charge in [0, 0.05) is 0 Å². The third kappa shape index (κ3) is 4.45. The lowest BCUT2D eigenvalue weighted by Gasteiger charge is -2.32. The van der Waals surface area contributed by atoms with E-state index in [1.165, 1.54) is 0 Å². The van der Waals surface area contributed by atoms with E-state index >= 15 is 0 Å². The summed E-state index contributed by atoms with van der Waals surface area (Å²) in [6, 6.07) is 7.66. The highest BCUT2D eigenvalue weighted by molar-refractivity contribution is 7.84. The molecular weight excluding hydrogens is 337 g/mol. The van der Waals surface area contributed by atoms with Crippen LogP contribution in [0, 0.1) is 0 Å². The Kier molecular flexibility index (Phi) is 5.74. The molecule has 1 heterocycles. The van der Waals surface area contributed by atoms with Gasteiger partial charge in [-0.2, -0.15) is 0 Å². The minimum atomic E-state index is -1.26. The Bertz CT molecular complexity index is 609. The van der Waals surface area contributed by atoms with Crippen molar-refractivity contribution in [3.8, 4) is 5.75 Å². The number of hydrogen-bond donors (Lipinski definition) is 1. The van der Waals surface area contributed by atoms with Crippen molar-refractivity contribution in [3.63, 3.8) is 0 Å². The minimum absolute atomic E-state index is 0.355. The molecule has 0 spiro atoms. The third-order valence-electron chi connectivity index (χ3n) is 4.81. The molecule has 7 heteroatoms. The predicted molar refractivity (Wildman–Crippen MR) is 103 cm³/mol. The van der Waals surface area contributed by atoms with Gasteiger partial charge in [-0.05, 0) is 66.2 Å². The van der Waals surface area contributed by atoms with E-state index in [-0.39, 0.29) is 5.94 Å². The first-order chi connectivity index (χ1) is 11.4. The number of rotatable bonds is 5. The van der Waals surface area contributed by atoms with Gasteiger partial charge in [0.05, 0.1) is 40.0 Å². The molecule has 1 aliphatic heterocycles. The molecule has 5 nitrogen and oxygen atoms in total. The highest BCUT2D eigenvalue weighted by Crippen LogP contribution is 2.40. The number of hydrogen-bond acceptors (Lipinski definition) is 4. The number of benzene rings is 1. The first kappa shape index (κ1) is 20.4. The summed E-state index contributed by atoms with van der Waals surface area (Å²) in [6.45, 7) is 13.9. The topological polar surface area (TPSA) is 56.8 Å². The van der Waals surface area contributed by atoms with Crippen molar-refractivity contribution < 1.29 is 18.3 Å². The van der Waals surface area contributed by atoms with Crippen molar-refractivity contribution >= 4 is 18.1 Å². The molecule has 0 aliphatic carbocycles. The molecule has 1 N–H and O–H groups in total. The van der Waals surface area contributed by atoms with Gasteiger partial charge >= 0.3 is 7.12 Å². The van der Waals surface area contributed by atoms with Gasteiger partial charge < -0.3 is 14.0 Å². The van der Waals surface area contributed by atoms with Crippen LogP contribution in [-0.4, -0.2) is 34.4 Å². The van der Waals surface area contributed by atoms with E-state index in [1.54, 1.807) is 7.11 Å². The van der Waals surface area contributed by atoms with Crippen molar-refractivity contribution in [1.82, 2.24) is 4.72 Å². The van der Waals surface area contributed by atoms with E-state index in [9.17, 15) is 4.21 Å². The highest BCUT2D eigenvalue weighted by Gasteiger charge is 2.54. The second kappa shape index (κ2) is 7.03. The molecule has 0 bridgehead atoms. The van der Waals surface area contributed by atoms with E-state index in [0.717, 1.165) is 11.3 Å². The zero-order valence-corrected chi connectivity index (χ0v) is 17.3. The molecule has 1 aliphatic rings. The standard InChI is InChI=1S/C18H30BNO4S/c1-16(2,3)25(21)20-15(13-9-11-14(22-8)12-10-13)19-23-17(4,5)18(6,7)24-19/h9-12,15,20H,1-8H3/t15-,25?/m0/s1. The van der Waals surface area contributed by atoms with Crippen LogP contribution in [0.4, 0.5) is 0 Å². The second-order valence-corrected chi connectivity index (χ2v) is 10.4. The third-order valence-corrected chi connectivity index (χ3v) is 6.39. The predicted octanol–water partition coefficient (Wildman–Crippen LogP) is 3.42. The Labute approximate surface area is 154 Å². The number of nitrogens with one attached hydrogen (secondary N) is 1. The number of ether oxygens (including phenoxy) is 1. The maximum atomic E-state index is 12.7. The summed E-state index contributed by atoms with van der Waals surface area (Å²) in [7, 11) is -0.167. The van der Waals surface area contributed by atoms with E-state index in [0.29, 0.717) is 0 Å². The molecule has 0 radical (unpaired) electrons. The lowest BCUT2D eigenvalue weighted by molar-refractivity contribution is 0.00578. The Morgan fingerprint density at radius 1 is 1.08 bits per heavy atom. The molecule has 0 amide bonds. The zero-order chi connectivity index (χ0) is 19.0. The first-order valence-electron chi connectivity index (χ1n) is 8.55. The lowest BCUT2D eigenvalue weighted by Crippen LogP contribution is -2.43. The summed E-state index contributed by atoms with van der Waals surface area (Å²) in [6.07, 6.45) is 0. The van der Waals surface area contributed by atoms with Gasteiger partial charge in [0.1, 0.15) is 5.75 Å². The van der Waals surface area contributed by atoms with Crippen LogP contribution in [0.15, 0.2) is 24.3 Å². The van der Waals surface area contributed by atoms with Crippen LogP contribution in [0.2, 0.25) is 0 Å². The Balaban J connectivity index is 2.34. The Hall–Kier alpha value is -0.885. The molecule has 0 saturated carbocycles. The summed E-state index contributed by atoms with van der Waals surface area (Å²) < 4.78 is 33.2. The molecule has 25 heavy (non-hydrogen) atoms. The monoisotopic (exact) mass is 367 g/mol. The van der Waals surface area contributed by atoms with Crippen LogP contribution < -0.4 is 9.46 Å². The van der Waals surface area contributed by atoms with Crippen LogP contribution in [-0.2, 0) is 20.3 Å². The Morgan fingerprint density at radius 3 is 1.96 bits per heavy atom. The summed E-state index contributed by atoms with van der Waals surface area (Å²) in [5, 5.41) is 0. The van der Waals surface area contributed by atoms with E-state index < -0.39 is 34.1 Å². The summed E-state index contributed by atoms with van der Waals surface area (Å²) in [5.74, 6) is 0.417. The van der Waals surface area contributed by atoms with Gasteiger partial charge in [-0.3, -0.25) is 0 Å². The Morgan fingerprint density at radius 2 is 1.56 bits per heavy atom. The highest BCUT2D eigenvalue weighted by atomic mass is 32.2. The molecule has 2 atom stereocenters. The van der Waals surface area contributed by atoms with Crippen LogP contribution in [0.1, 0.15) is 60.0 Å². The van der Waals surface area contributed by atoms with Crippen LogP contribution >= 0.6 is 0 Å². The van der Waals surface area contributed by atoms with Crippen molar-refractivity contribution in [2.24, 2.45) is 0 Å². The quantitative estimate of drug-likeness (QED) is 0.811. The summed E-state index contributed by atoms with van der Waals surface area (Å²) >= 11 is 0. The van der Waals surface area contributed by atoms with Crippen molar-refractivity contribution in [3.05, 3.63) is 29.8 Å². The van der Waals surface area contributed by atoms with Crippen LogP contribution in [0.3, 0.4) is 0 Å². The number of methoxy groups -OCH3 is 1. The molecule has 1 fully saturated rings. The normalized spacial score (nSPS) is 21.8. The molecule has 1 unspecified atom stereocenters. The molecular formula is C18H30BNO4S. The largest absolute Gasteiger partial charge is 0.497 e. The minimum Gasteiger partial charge on any atom is -0.497 e. The van der Waals surface area contributed by atoms with E-state index in [4.69, 9.17) is 14.0 Å². The first-order valence-corrected chi connectivity index (χ1v) is 9.70. The van der Waals surface area contributed by atoms with Gasteiger partial charge in [-0.15, -0.1) is 0 Å². The van der Waals surface area contributed by atoms with Gasteiger partial charge in [0.25, 0.3) is 0 Å². The van der Waals surface area contributed by atoms with E-state index in [1.807, 2.05) is 72.7 Å². The molecule has 1 aromatic carbocycles. The fourth-order valence-electron chi connectivity index (χ4n) is 2.41. The summed E-state index contributed by atoms with van der Waals surface area (Å²) in [5.41, 5.74) is 0.0394. The van der Waals surface area contributed by atoms with Crippen molar-refractivity contribution in [1.29, 1.82) is 0 Å². The van der Waals surface area contributed by atoms with Gasteiger partial charge in [0.15, 0.2) is 0 Å². The fraction of sp³-hybridized carbons (Fsp3) is 0.667. The van der Waals surface area contributed by atoms with Crippen molar-refractivity contribution in [2.75, 3.05) is 7.11 Å². The van der Waals surface area contributed by atoms with Gasteiger partial charge in [-0.25, -0.2) is 8.93 Å². The van der Waals surface area contributed by atoms with Gasteiger partial charge in [0.2, 0.25) is 0 Å². The average molecular weight is 367 g/mol. The SMILES string of the molecule is COc1ccc([C@H](NS(=O)C(C)(C)C)B2OC(C)(C)C(C)(C)O2)cc1. The van der Waals surface area contributed by atoms with E-state index in [2.05, 4.69) is 4.72 Å².